The van der Waals surface area contributed by atoms with Gasteiger partial charge in [-0.3, -0.25) is 4.79 Å². The van der Waals surface area contributed by atoms with Crippen molar-refractivity contribution < 1.29 is 35.1 Å². The van der Waals surface area contributed by atoms with Crippen molar-refractivity contribution in [3.8, 4) is 23.0 Å². The Hall–Kier alpha value is -2.77. The molecule has 7 nitrogen and oxygen atoms in total. The molecule has 0 saturated carbocycles. The molecule has 2 aromatic rings. The number of hydrogen-bond donors (Lipinski definition) is 5. The number of ether oxygens (including phenoxy) is 1. The van der Waals surface area contributed by atoms with E-state index in [-0.39, 0.29) is 41.2 Å². The quantitative estimate of drug-likeness (QED) is 0.555. The van der Waals surface area contributed by atoms with Crippen molar-refractivity contribution >= 4 is 5.78 Å². The maximum absolute atomic E-state index is 12.7. The van der Waals surface area contributed by atoms with Gasteiger partial charge in [-0.25, -0.2) is 0 Å². The molecular weight excluding hydrogens is 352 g/mol. The van der Waals surface area contributed by atoms with Gasteiger partial charge in [0.2, 0.25) is 5.78 Å². The predicted octanol–water partition coefficient (Wildman–Crippen LogP) is 2.18. The number of hydrogen-bond acceptors (Lipinski definition) is 7. The summed E-state index contributed by atoms with van der Waals surface area (Å²) in [6, 6.07) is 6.87. The fourth-order valence-corrected chi connectivity index (χ4v) is 3.10. The smallest absolute Gasteiger partial charge is 0.202 e. The normalized spacial score (nSPS) is 19.5. The molecule has 3 rings (SSSR count). The fraction of sp³-hybridized carbons (Fsp3) is 0.350. The molecule has 0 bridgehead atoms. The Balaban J connectivity index is 2.07. The number of aliphatic hydroxyl groups is 2. The minimum Gasteiger partial charge on any atom is -0.508 e. The Kier molecular flexibility index (Phi) is 4.75. The number of benzene rings is 2. The van der Waals surface area contributed by atoms with Crippen LogP contribution in [0.25, 0.3) is 0 Å². The van der Waals surface area contributed by atoms with E-state index in [1.165, 1.54) is 24.3 Å². The second-order valence-corrected chi connectivity index (χ2v) is 7.35. The van der Waals surface area contributed by atoms with Crippen LogP contribution in [0.1, 0.15) is 47.9 Å². The largest absolute Gasteiger partial charge is 0.508 e. The summed E-state index contributed by atoms with van der Waals surface area (Å²) in [4.78, 5) is 12.7. The molecular formula is C20H22O7. The first-order valence-electron chi connectivity index (χ1n) is 8.56. The summed E-state index contributed by atoms with van der Waals surface area (Å²) in [6.45, 7) is 3.23. The molecule has 1 heterocycles. The van der Waals surface area contributed by atoms with E-state index in [1.54, 1.807) is 13.8 Å². The SMILES string of the molecule is CC(C)(O)CCc1c(O)cc(O)c2c1O[C@H](c1ccc(O)cc1)[C@@H](O)C2=O. The van der Waals surface area contributed by atoms with E-state index in [0.717, 1.165) is 6.07 Å². The van der Waals surface area contributed by atoms with Gasteiger partial charge in [0.15, 0.2) is 12.2 Å². The lowest BCUT2D eigenvalue weighted by Gasteiger charge is -2.32. The topological polar surface area (TPSA) is 127 Å². The third kappa shape index (κ3) is 3.70. The number of rotatable bonds is 4. The molecule has 144 valence electrons. The van der Waals surface area contributed by atoms with E-state index in [0.29, 0.717) is 5.56 Å². The lowest BCUT2D eigenvalue weighted by Crippen LogP contribution is -2.36. The van der Waals surface area contributed by atoms with Gasteiger partial charge in [0.25, 0.3) is 0 Å². The lowest BCUT2D eigenvalue weighted by atomic mass is 9.89. The highest BCUT2D eigenvalue weighted by molar-refractivity contribution is 6.06. The van der Waals surface area contributed by atoms with Crippen LogP contribution in [0.5, 0.6) is 23.0 Å². The minimum absolute atomic E-state index is 0.00914. The van der Waals surface area contributed by atoms with Crippen LogP contribution in [0.3, 0.4) is 0 Å². The van der Waals surface area contributed by atoms with Crippen LogP contribution >= 0.6 is 0 Å². The highest BCUT2D eigenvalue weighted by Gasteiger charge is 2.40. The van der Waals surface area contributed by atoms with E-state index in [2.05, 4.69) is 0 Å². The van der Waals surface area contributed by atoms with Gasteiger partial charge in [0.1, 0.15) is 28.6 Å². The van der Waals surface area contributed by atoms with Crippen molar-refractivity contribution in [1.82, 2.24) is 0 Å². The van der Waals surface area contributed by atoms with Crippen LogP contribution in [0, 0.1) is 0 Å². The first-order chi connectivity index (χ1) is 12.6. The summed E-state index contributed by atoms with van der Waals surface area (Å²) >= 11 is 0. The molecule has 0 radical (unpaired) electrons. The number of fused-ring (bicyclic) bond motifs is 1. The zero-order valence-corrected chi connectivity index (χ0v) is 15.0. The van der Waals surface area contributed by atoms with Crippen LogP contribution in [0.2, 0.25) is 0 Å². The third-order valence-corrected chi connectivity index (χ3v) is 4.59. The molecule has 0 amide bonds. The summed E-state index contributed by atoms with van der Waals surface area (Å²) in [6.07, 6.45) is -2.14. The summed E-state index contributed by atoms with van der Waals surface area (Å²) < 4.78 is 5.84. The molecule has 0 aliphatic carbocycles. The van der Waals surface area contributed by atoms with Crippen molar-refractivity contribution in [1.29, 1.82) is 0 Å². The molecule has 0 aromatic heterocycles. The van der Waals surface area contributed by atoms with Crippen LogP contribution in [-0.4, -0.2) is 43.0 Å². The second kappa shape index (κ2) is 6.75. The molecule has 0 saturated heterocycles. The highest BCUT2D eigenvalue weighted by Crippen LogP contribution is 2.46. The number of phenols is 3. The standard InChI is InChI=1S/C20H22O7/c1-20(2,26)8-7-12-13(22)9-14(23)15-16(24)17(25)18(27-19(12)15)10-3-5-11(21)6-4-10/h3-6,9,17-18,21-23,25-26H,7-8H2,1-2H3/t17-,18+/m0/s1. The molecule has 5 N–H and O–H groups in total. The Labute approximate surface area is 156 Å². The maximum Gasteiger partial charge on any atom is 0.202 e. The lowest BCUT2D eigenvalue weighted by molar-refractivity contribution is 0.0203. The Morgan fingerprint density at radius 2 is 1.70 bits per heavy atom. The summed E-state index contributed by atoms with van der Waals surface area (Å²) in [5.74, 6) is -1.45. The minimum atomic E-state index is -1.56. The molecule has 1 aliphatic heterocycles. The first-order valence-corrected chi connectivity index (χ1v) is 8.56. The van der Waals surface area contributed by atoms with Gasteiger partial charge in [0, 0.05) is 11.6 Å². The first kappa shape index (κ1) is 19.0. The van der Waals surface area contributed by atoms with E-state index in [9.17, 15) is 30.3 Å². The van der Waals surface area contributed by atoms with Crippen molar-refractivity contribution in [2.75, 3.05) is 0 Å². The van der Waals surface area contributed by atoms with Gasteiger partial charge < -0.3 is 30.3 Å². The van der Waals surface area contributed by atoms with Gasteiger partial charge in [-0.1, -0.05) is 12.1 Å². The number of ketones is 1. The average molecular weight is 374 g/mol. The highest BCUT2D eigenvalue weighted by atomic mass is 16.5. The van der Waals surface area contributed by atoms with E-state index in [1.807, 2.05) is 0 Å². The number of aromatic hydroxyl groups is 3. The van der Waals surface area contributed by atoms with E-state index < -0.39 is 29.3 Å². The van der Waals surface area contributed by atoms with Crippen molar-refractivity contribution in [2.24, 2.45) is 0 Å². The van der Waals surface area contributed by atoms with Crippen molar-refractivity contribution in [2.45, 2.75) is 44.5 Å². The number of carbonyl (C=O) groups is 1. The Bertz CT molecular complexity index is 865. The zero-order chi connectivity index (χ0) is 19.9. The molecule has 0 fully saturated rings. The zero-order valence-electron chi connectivity index (χ0n) is 15.0. The van der Waals surface area contributed by atoms with Crippen molar-refractivity contribution in [3.63, 3.8) is 0 Å². The number of aliphatic hydroxyl groups excluding tert-OH is 1. The molecule has 27 heavy (non-hydrogen) atoms. The molecule has 2 atom stereocenters. The van der Waals surface area contributed by atoms with Gasteiger partial charge in [-0.05, 0) is 44.4 Å². The van der Waals surface area contributed by atoms with Gasteiger partial charge in [-0.15, -0.1) is 0 Å². The summed E-state index contributed by atoms with van der Waals surface area (Å²) in [5.41, 5.74) is -0.475. The van der Waals surface area contributed by atoms with Gasteiger partial charge >= 0.3 is 0 Å². The fourth-order valence-electron chi connectivity index (χ4n) is 3.10. The van der Waals surface area contributed by atoms with E-state index >= 15 is 0 Å². The predicted molar refractivity (Wildman–Crippen MR) is 96.2 cm³/mol. The average Bonchev–Trinajstić information content (AvgIpc) is 2.57. The van der Waals surface area contributed by atoms with Gasteiger partial charge in [0.05, 0.1) is 5.60 Å². The molecule has 7 heteroatoms. The summed E-state index contributed by atoms with van der Waals surface area (Å²) in [7, 11) is 0. The Morgan fingerprint density at radius 3 is 2.30 bits per heavy atom. The van der Waals surface area contributed by atoms with Gasteiger partial charge in [-0.2, -0.15) is 0 Å². The second-order valence-electron chi connectivity index (χ2n) is 7.35. The Morgan fingerprint density at radius 1 is 1.07 bits per heavy atom. The number of Topliss-reactive ketones (excluding diaryl/α,β-unsaturated/α-hetero) is 1. The van der Waals surface area contributed by atoms with Crippen LogP contribution in [0.4, 0.5) is 0 Å². The number of carbonyl (C=O) groups excluding carboxylic acids is 1. The van der Waals surface area contributed by atoms with Crippen molar-refractivity contribution in [3.05, 3.63) is 47.0 Å². The van der Waals surface area contributed by atoms with Crippen LogP contribution in [-0.2, 0) is 6.42 Å². The monoisotopic (exact) mass is 374 g/mol. The van der Waals surface area contributed by atoms with Crippen LogP contribution < -0.4 is 4.74 Å². The molecule has 0 unspecified atom stereocenters. The molecule has 2 aromatic carbocycles. The van der Waals surface area contributed by atoms with E-state index in [4.69, 9.17) is 4.74 Å². The summed E-state index contributed by atoms with van der Waals surface area (Å²) in [5, 5.41) is 50.2. The molecule has 0 spiro atoms. The molecule has 1 aliphatic rings. The van der Waals surface area contributed by atoms with Crippen LogP contribution in [0.15, 0.2) is 30.3 Å². The maximum atomic E-state index is 12.7. The third-order valence-electron chi connectivity index (χ3n) is 4.59. The number of phenolic OH excluding ortho intramolecular Hbond substituents is 3.